The number of ether oxygens (including phenoxy) is 2. The molecule has 130 valence electrons. The molecule has 2 aliphatic heterocycles. The van der Waals surface area contributed by atoms with Gasteiger partial charge in [-0.3, -0.25) is 4.90 Å². The molecule has 0 radical (unpaired) electrons. The smallest absolute Gasteiger partial charge is 0.322 e. The number of benzene rings is 2. The highest BCUT2D eigenvalue weighted by Gasteiger charge is 2.35. The lowest BCUT2D eigenvalue weighted by Crippen LogP contribution is -2.50. The number of hydrogen-bond acceptors (Lipinski definition) is 3. The Bertz CT molecular complexity index is 832. The normalized spacial score (nSPS) is 18.5. The lowest BCUT2D eigenvalue weighted by atomic mass is 9.92. The average Bonchev–Trinajstić information content (AvgIpc) is 3.06. The summed E-state index contributed by atoms with van der Waals surface area (Å²) in [6.07, 6.45) is 0.906. The highest BCUT2D eigenvalue weighted by molar-refractivity contribution is 5.97. The number of hydrogen-bond donors (Lipinski definition) is 1. The van der Waals surface area contributed by atoms with E-state index in [2.05, 4.69) is 11.4 Å². The molecule has 1 unspecified atom stereocenters. The molecule has 25 heavy (non-hydrogen) atoms. The Hall–Kier alpha value is -2.69. The van der Waals surface area contributed by atoms with Crippen molar-refractivity contribution < 1.29 is 14.3 Å². The summed E-state index contributed by atoms with van der Waals surface area (Å²) in [5, 5.41) is 3.15. The van der Waals surface area contributed by atoms with Crippen molar-refractivity contribution in [1.29, 1.82) is 0 Å². The zero-order valence-corrected chi connectivity index (χ0v) is 14.7. The summed E-state index contributed by atoms with van der Waals surface area (Å²) in [5.41, 5.74) is 4.24. The minimum Gasteiger partial charge on any atom is -0.497 e. The van der Waals surface area contributed by atoms with Gasteiger partial charge in [0.2, 0.25) is 0 Å². The Balaban J connectivity index is 1.87. The van der Waals surface area contributed by atoms with E-state index in [1.807, 2.05) is 44.2 Å². The van der Waals surface area contributed by atoms with Gasteiger partial charge in [0.05, 0.1) is 25.4 Å². The largest absolute Gasteiger partial charge is 0.497 e. The van der Waals surface area contributed by atoms with Gasteiger partial charge in [-0.25, -0.2) is 4.79 Å². The third kappa shape index (κ3) is 2.60. The van der Waals surface area contributed by atoms with Crippen LogP contribution >= 0.6 is 0 Å². The molecule has 1 N–H and O–H groups in total. The van der Waals surface area contributed by atoms with Gasteiger partial charge in [-0.15, -0.1) is 0 Å². The fourth-order valence-corrected chi connectivity index (χ4v) is 3.65. The minimum absolute atomic E-state index is 0.0597. The van der Waals surface area contributed by atoms with Crippen LogP contribution in [0.5, 0.6) is 11.5 Å². The number of urea groups is 1. The Labute approximate surface area is 147 Å². The third-order valence-corrected chi connectivity index (χ3v) is 4.84. The number of amides is 2. The molecule has 2 aromatic carbocycles. The molecule has 2 heterocycles. The van der Waals surface area contributed by atoms with E-state index in [0.29, 0.717) is 6.61 Å². The number of carbonyl (C=O) groups excluding carboxylic acids is 1. The van der Waals surface area contributed by atoms with E-state index in [1.54, 1.807) is 12.0 Å². The topological polar surface area (TPSA) is 50.8 Å². The fourth-order valence-electron chi connectivity index (χ4n) is 3.65. The van der Waals surface area contributed by atoms with Gasteiger partial charge < -0.3 is 14.8 Å². The quantitative estimate of drug-likeness (QED) is 0.929. The Morgan fingerprint density at radius 3 is 2.88 bits per heavy atom. The Morgan fingerprint density at radius 2 is 2.12 bits per heavy atom. The molecule has 4 rings (SSSR count). The van der Waals surface area contributed by atoms with E-state index in [0.717, 1.165) is 34.7 Å². The van der Waals surface area contributed by atoms with Crippen molar-refractivity contribution in [1.82, 2.24) is 5.32 Å². The van der Waals surface area contributed by atoms with Crippen LogP contribution in [0.15, 0.2) is 36.4 Å². The van der Waals surface area contributed by atoms with Crippen molar-refractivity contribution in [3.63, 3.8) is 0 Å². The van der Waals surface area contributed by atoms with E-state index in [1.165, 1.54) is 5.56 Å². The molecule has 0 saturated carbocycles. The molecule has 2 aromatic rings. The van der Waals surface area contributed by atoms with Gasteiger partial charge in [-0.1, -0.05) is 12.1 Å². The first-order valence-corrected chi connectivity index (χ1v) is 8.62. The number of carbonyl (C=O) groups is 1. The Kier molecular flexibility index (Phi) is 3.79. The molecule has 2 amide bonds. The number of anilines is 1. The van der Waals surface area contributed by atoms with Crippen molar-refractivity contribution in [3.8, 4) is 11.5 Å². The molecule has 2 aliphatic rings. The van der Waals surface area contributed by atoms with Crippen LogP contribution in [-0.2, 0) is 6.42 Å². The predicted octanol–water partition coefficient (Wildman–Crippen LogP) is 3.66. The Morgan fingerprint density at radius 1 is 1.28 bits per heavy atom. The zero-order valence-electron chi connectivity index (χ0n) is 14.7. The summed E-state index contributed by atoms with van der Waals surface area (Å²) in [6, 6.07) is 11.8. The lowest BCUT2D eigenvalue weighted by molar-refractivity contribution is 0.241. The predicted molar refractivity (Wildman–Crippen MR) is 96.6 cm³/mol. The molecule has 0 bridgehead atoms. The van der Waals surface area contributed by atoms with Gasteiger partial charge in [0, 0.05) is 24.1 Å². The highest BCUT2D eigenvalue weighted by Crippen LogP contribution is 2.42. The molecule has 5 nitrogen and oxygen atoms in total. The molecule has 1 atom stereocenters. The van der Waals surface area contributed by atoms with E-state index < -0.39 is 0 Å². The van der Waals surface area contributed by atoms with Crippen molar-refractivity contribution in [2.45, 2.75) is 32.4 Å². The zero-order chi connectivity index (χ0) is 17.6. The first kappa shape index (κ1) is 15.8. The van der Waals surface area contributed by atoms with Crippen molar-refractivity contribution in [2.24, 2.45) is 0 Å². The maximum Gasteiger partial charge on any atom is 0.322 e. The van der Waals surface area contributed by atoms with Gasteiger partial charge in [-0.05, 0) is 43.2 Å². The van der Waals surface area contributed by atoms with Gasteiger partial charge in [0.25, 0.3) is 0 Å². The second kappa shape index (κ2) is 5.99. The van der Waals surface area contributed by atoms with Crippen LogP contribution in [0.4, 0.5) is 10.5 Å². The van der Waals surface area contributed by atoms with E-state index in [4.69, 9.17) is 9.47 Å². The van der Waals surface area contributed by atoms with E-state index >= 15 is 0 Å². The molecular formula is C20H22N2O3. The van der Waals surface area contributed by atoms with Crippen LogP contribution in [0.3, 0.4) is 0 Å². The van der Waals surface area contributed by atoms with Crippen molar-refractivity contribution in [3.05, 3.63) is 53.1 Å². The van der Waals surface area contributed by atoms with Gasteiger partial charge in [-0.2, -0.15) is 0 Å². The first-order chi connectivity index (χ1) is 12.1. The van der Waals surface area contributed by atoms with Gasteiger partial charge >= 0.3 is 6.03 Å². The summed E-state index contributed by atoms with van der Waals surface area (Å²) >= 11 is 0. The lowest BCUT2D eigenvalue weighted by Gasteiger charge is -2.38. The summed E-state index contributed by atoms with van der Waals surface area (Å²) in [6.45, 7) is 4.73. The van der Waals surface area contributed by atoms with E-state index in [-0.39, 0.29) is 18.1 Å². The molecule has 5 heteroatoms. The van der Waals surface area contributed by atoms with Crippen LogP contribution in [-0.4, -0.2) is 25.8 Å². The van der Waals surface area contributed by atoms with Gasteiger partial charge in [0.1, 0.15) is 11.5 Å². The van der Waals surface area contributed by atoms with Crippen LogP contribution in [0, 0.1) is 0 Å². The molecular weight excluding hydrogens is 316 g/mol. The van der Waals surface area contributed by atoms with E-state index in [9.17, 15) is 4.79 Å². The van der Waals surface area contributed by atoms with Gasteiger partial charge in [0.15, 0.2) is 0 Å². The maximum absolute atomic E-state index is 12.8. The van der Waals surface area contributed by atoms with Crippen LogP contribution < -0.4 is 19.7 Å². The number of nitrogens with zero attached hydrogens (tertiary/aromatic N) is 1. The second-order valence-electron chi connectivity index (χ2n) is 6.74. The van der Waals surface area contributed by atoms with Crippen molar-refractivity contribution >= 4 is 11.7 Å². The summed E-state index contributed by atoms with van der Waals surface area (Å²) in [7, 11) is 1.65. The molecule has 0 spiro atoms. The molecule has 0 saturated heterocycles. The number of fused-ring (bicyclic) bond motifs is 2. The molecule has 0 aromatic heterocycles. The van der Waals surface area contributed by atoms with Crippen LogP contribution in [0.2, 0.25) is 0 Å². The summed E-state index contributed by atoms with van der Waals surface area (Å²) in [5.74, 6) is 1.67. The fraction of sp³-hybridized carbons (Fsp3) is 0.350. The number of nitrogens with one attached hydrogen (secondary N) is 1. The monoisotopic (exact) mass is 338 g/mol. The molecule has 0 fully saturated rings. The maximum atomic E-state index is 12.8. The highest BCUT2D eigenvalue weighted by atomic mass is 16.5. The number of rotatable bonds is 3. The average molecular weight is 338 g/mol. The molecule has 0 aliphatic carbocycles. The van der Waals surface area contributed by atoms with Crippen LogP contribution in [0.1, 0.15) is 36.6 Å². The second-order valence-corrected chi connectivity index (χ2v) is 6.74. The summed E-state index contributed by atoms with van der Waals surface area (Å²) in [4.78, 5) is 14.6. The summed E-state index contributed by atoms with van der Waals surface area (Å²) < 4.78 is 11.1. The first-order valence-electron chi connectivity index (χ1n) is 8.62. The van der Waals surface area contributed by atoms with Crippen molar-refractivity contribution in [2.75, 3.05) is 18.6 Å². The third-order valence-electron chi connectivity index (χ3n) is 4.84. The SMILES string of the molecule is COc1cccc(C2NC(=O)N(C(C)C)c3cc4c(cc32)CCO4)c1. The standard InChI is InChI=1S/C20H22N2O3/c1-12(2)22-17-11-18-13(7-8-25-18)10-16(17)19(21-20(22)23)14-5-4-6-15(9-14)24-3/h4-6,9-12,19H,7-8H2,1-3H3,(H,21,23). The minimum atomic E-state index is -0.196. The number of methoxy groups -OCH3 is 1. The van der Waals surface area contributed by atoms with Crippen LogP contribution in [0.25, 0.3) is 0 Å².